The minimum absolute atomic E-state index is 0.198. The zero-order chi connectivity index (χ0) is 8.48. The van der Waals surface area contributed by atoms with Crippen LogP contribution in [0.2, 0.25) is 0 Å². The van der Waals surface area contributed by atoms with Crippen LogP contribution in [-0.4, -0.2) is 29.6 Å². The lowest BCUT2D eigenvalue weighted by molar-refractivity contribution is -0.693. The van der Waals surface area contributed by atoms with Crippen molar-refractivity contribution in [1.29, 1.82) is 0 Å². The highest BCUT2D eigenvalue weighted by atomic mass is 19.3. The fourth-order valence-corrected chi connectivity index (χ4v) is 1.19. The highest BCUT2D eigenvalue weighted by molar-refractivity contribution is 5.71. The molecule has 1 fully saturated rings. The summed E-state index contributed by atoms with van der Waals surface area (Å²) in [6.07, 6.45) is -0.751. The summed E-state index contributed by atoms with van der Waals surface area (Å²) in [6, 6.07) is -0.959. The summed E-state index contributed by atoms with van der Waals surface area (Å²) < 4.78 is 25.1. The maximum Gasteiger partial charge on any atom is 0.362 e. The minimum Gasteiger partial charge on any atom is -0.477 e. The number of aliphatic carboxylic acids is 1. The van der Waals surface area contributed by atoms with E-state index in [9.17, 15) is 13.6 Å². The van der Waals surface area contributed by atoms with Crippen LogP contribution in [0.3, 0.4) is 0 Å². The molecule has 1 aliphatic heterocycles. The predicted molar refractivity (Wildman–Crippen MR) is 32.4 cm³/mol. The summed E-state index contributed by atoms with van der Waals surface area (Å²) in [7, 11) is 0. The van der Waals surface area contributed by atoms with Crippen LogP contribution in [0.15, 0.2) is 0 Å². The Kier molecular flexibility index (Phi) is 2.08. The summed E-state index contributed by atoms with van der Waals surface area (Å²) in [5.74, 6) is -3.93. The zero-order valence-corrected chi connectivity index (χ0v) is 5.89. The number of carboxylic acids is 1. The van der Waals surface area contributed by atoms with Gasteiger partial charge >= 0.3 is 5.97 Å². The summed E-state index contributed by atoms with van der Waals surface area (Å²) >= 11 is 0. The topological polar surface area (TPSA) is 53.9 Å². The second-order valence-electron chi connectivity index (χ2n) is 2.78. The average molecular weight is 166 g/mol. The van der Waals surface area contributed by atoms with Crippen LogP contribution in [-0.2, 0) is 4.79 Å². The van der Waals surface area contributed by atoms with Gasteiger partial charge in [0.05, 0.1) is 19.4 Å². The van der Waals surface area contributed by atoms with Crippen LogP contribution in [0.25, 0.3) is 0 Å². The molecule has 0 radical (unpaired) electrons. The molecule has 1 unspecified atom stereocenters. The molecule has 1 saturated heterocycles. The number of nitrogens with two attached hydrogens (primary N) is 1. The van der Waals surface area contributed by atoms with Crippen LogP contribution in [0, 0.1) is 0 Å². The van der Waals surface area contributed by atoms with Crippen molar-refractivity contribution in [3.8, 4) is 0 Å². The smallest absolute Gasteiger partial charge is 0.362 e. The summed E-state index contributed by atoms with van der Waals surface area (Å²) in [6.45, 7) is 0.198. The molecule has 0 aromatic carbocycles. The van der Waals surface area contributed by atoms with Gasteiger partial charge in [-0.2, -0.15) is 0 Å². The van der Waals surface area contributed by atoms with Gasteiger partial charge < -0.3 is 10.4 Å². The van der Waals surface area contributed by atoms with Crippen molar-refractivity contribution in [1.82, 2.24) is 0 Å². The Morgan fingerprint density at radius 1 is 1.64 bits per heavy atom. The number of hydrogen-bond acceptors (Lipinski definition) is 1. The number of carboxylic acid groups (broad SMARTS) is 1. The Labute approximate surface area is 62.4 Å². The van der Waals surface area contributed by atoms with E-state index in [1.807, 2.05) is 0 Å². The van der Waals surface area contributed by atoms with Gasteiger partial charge in [-0.25, -0.2) is 13.6 Å². The molecule has 0 amide bonds. The number of halogens is 2. The minimum atomic E-state index is -2.78. The Morgan fingerprint density at radius 3 is 2.64 bits per heavy atom. The SMILES string of the molecule is O=C(O)C1CC(F)(F)CC[NH2+]1. The van der Waals surface area contributed by atoms with Crippen molar-refractivity contribution in [3.63, 3.8) is 0 Å². The Morgan fingerprint density at radius 2 is 2.27 bits per heavy atom. The molecule has 0 bridgehead atoms. The Hall–Kier alpha value is -0.710. The number of carbonyl (C=O) groups is 1. The average Bonchev–Trinajstić information content (AvgIpc) is 1.85. The van der Waals surface area contributed by atoms with E-state index < -0.39 is 24.4 Å². The number of hydrogen-bond donors (Lipinski definition) is 2. The quantitative estimate of drug-likeness (QED) is 0.548. The van der Waals surface area contributed by atoms with E-state index in [0.29, 0.717) is 0 Å². The standard InChI is InChI=1S/C6H9F2NO2/c7-6(8)1-2-9-4(3-6)5(10)11/h4,9H,1-3H2,(H,10,11)/p+1. The van der Waals surface area contributed by atoms with Gasteiger partial charge in [-0.3, -0.25) is 0 Å². The molecular weight excluding hydrogens is 156 g/mol. The first kappa shape index (κ1) is 8.39. The zero-order valence-electron chi connectivity index (χ0n) is 5.89. The van der Waals surface area contributed by atoms with Crippen molar-refractivity contribution in [2.24, 2.45) is 0 Å². The number of rotatable bonds is 1. The summed E-state index contributed by atoms with van der Waals surface area (Å²) in [4.78, 5) is 10.3. The first-order valence-corrected chi connectivity index (χ1v) is 3.45. The monoisotopic (exact) mass is 166 g/mol. The summed E-state index contributed by atoms with van der Waals surface area (Å²) in [5.41, 5.74) is 0. The molecule has 3 N–H and O–H groups in total. The molecule has 1 heterocycles. The first-order chi connectivity index (χ1) is 5.01. The molecule has 0 saturated carbocycles. The van der Waals surface area contributed by atoms with Gasteiger partial charge in [0, 0.05) is 0 Å². The van der Waals surface area contributed by atoms with Crippen LogP contribution in [0.5, 0.6) is 0 Å². The van der Waals surface area contributed by atoms with E-state index >= 15 is 0 Å². The number of alkyl halides is 2. The third-order valence-electron chi connectivity index (χ3n) is 1.80. The maximum absolute atomic E-state index is 12.5. The molecule has 5 heteroatoms. The molecule has 1 rings (SSSR count). The second-order valence-corrected chi connectivity index (χ2v) is 2.78. The van der Waals surface area contributed by atoms with Gasteiger partial charge in [-0.1, -0.05) is 0 Å². The van der Waals surface area contributed by atoms with Crippen LogP contribution in [0.1, 0.15) is 12.8 Å². The maximum atomic E-state index is 12.5. The molecule has 64 valence electrons. The Balaban J connectivity index is 2.53. The van der Waals surface area contributed by atoms with Gasteiger partial charge in [-0.05, 0) is 0 Å². The molecule has 0 aromatic heterocycles. The third kappa shape index (κ3) is 2.11. The van der Waals surface area contributed by atoms with Crippen molar-refractivity contribution < 1.29 is 24.0 Å². The first-order valence-electron chi connectivity index (χ1n) is 3.45. The predicted octanol–water partition coefficient (Wildman–Crippen LogP) is -0.568. The molecule has 11 heavy (non-hydrogen) atoms. The van der Waals surface area contributed by atoms with Crippen LogP contribution < -0.4 is 5.32 Å². The van der Waals surface area contributed by atoms with Crippen molar-refractivity contribution in [3.05, 3.63) is 0 Å². The fraction of sp³-hybridized carbons (Fsp3) is 0.833. The lowest BCUT2D eigenvalue weighted by atomic mass is 10.0. The molecule has 1 aliphatic rings. The number of quaternary nitrogens is 1. The second kappa shape index (κ2) is 2.73. The lowest BCUT2D eigenvalue weighted by Gasteiger charge is -2.24. The number of piperidine rings is 1. The van der Waals surface area contributed by atoms with E-state index in [2.05, 4.69) is 0 Å². The molecule has 0 spiro atoms. The molecule has 0 aromatic rings. The third-order valence-corrected chi connectivity index (χ3v) is 1.80. The molecule has 0 aliphatic carbocycles. The fourth-order valence-electron chi connectivity index (χ4n) is 1.19. The van der Waals surface area contributed by atoms with E-state index in [-0.39, 0.29) is 13.0 Å². The summed E-state index contributed by atoms with van der Waals surface area (Å²) in [5, 5.41) is 9.85. The van der Waals surface area contributed by atoms with Gasteiger partial charge in [-0.15, -0.1) is 0 Å². The van der Waals surface area contributed by atoms with Gasteiger partial charge in [0.25, 0.3) is 5.92 Å². The van der Waals surface area contributed by atoms with Gasteiger partial charge in [0.1, 0.15) is 0 Å². The van der Waals surface area contributed by atoms with E-state index in [1.165, 1.54) is 5.32 Å². The normalized spacial score (nSPS) is 29.8. The van der Waals surface area contributed by atoms with Crippen molar-refractivity contribution in [2.45, 2.75) is 24.8 Å². The van der Waals surface area contributed by atoms with Crippen molar-refractivity contribution in [2.75, 3.05) is 6.54 Å². The van der Waals surface area contributed by atoms with Crippen LogP contribution in [0.4, 0.5) is 8.78 Å². The van der Waals surface area contributed by atoms with E-state index in [4.69, 9.17) is 5.11 Å². The van der Waals surface area contributed by atoms with Gasteiger partial charge in [0.2, 0.25) is 0 Å². The molecule has 3 nitrogen and oxygen atoms in total. The van der Waals surface area contributed by atoms with Crippen LogP contribution >= 0.6 is 0 Å². The Bertz CT molecular complexity index is 172. The molecular formula is C6H10F2NO2+. The highest BCUT2D eigenvalue weighted by Crippen LogP contribution is 2.24. The van der Waals surface area contributed by atoms with E-state index in [1.54, 1.807) is 0 Å². The largest absolute Gasteiger partial charge is 0.477 e. The van der Waals surface area contributed by atoms with E-state index in [0.717, 1.165) is 0 Å². The van der Waals surface area contributed by atoms with Crippen molar-refractivity contribution >= 4 is 5.97 Å². The molecule has 1 atom stereocenters. The lowest BCUT2D eigenvalue weighted by Crippen LogP contribution is -2.94. The highest BCUT2D eigenvalue weighted by Gasteiger charge is 2.41. The van der Waals surface area contributed by atoms with Gasteiger partial charge in [0.15, 0.2) is 6.04 Å².